The Labute approximate surface area is 113 Å². The Balaban J connectivity index is 2.14. The van der Waals surface area contributed by atoms with E-state index in [9.17, 15) is 13.2 Å². The zero-order valence-electron chi connectivity index (χ0n) is 10.9. The number of ether oxygens (including phenoxy) is 1. The van der Waals surface area contributed by atoms with Crippen LogP contribution >= 0.6 is 0 Å². The second-order valence-electron chi connectivity index (χ2n) is 4.02. The van der Waals surface area contributed by atoms with Crippen molar-refractivity contribution >= 4 is 16.0 Å². The van der Waals surface area contributed by atoms with Crippen molar-refractivity contribution in [1.29, 1.82) is 0 Å². The largest absolute Gasteiger partial charge is 0.469 e. The van der Waals surface area contributed by atoms with Gasteiger partial charge in [-0.15, -0.1) is 0 Å². The molecule has 8 heteroatoms. The summed E-state index contributed by atoms with van der Waals surface area (Å²) >= 11 is 0. The fourth-order valence-electron chi connectivity index (χ4n) is 1.48. The highest BCUT2D eigenvalue weighted by Gasteiger charge is 2.10. The molecular formula is C11H19N3O4S. The van der Waals surface area contributed by atoms with Crippen molar-refractivity contribution < 1.29 is 17.9 Å². The van der Waals surface area contributed by atoms with Gasteiger partial charge >= 0.3 is 5.97 Å². The third-order valence-electron chi connectivity index (χ3n) is 2.47. The zero-order chi connectivity index (χ0) is 14.1. The molecule has 0 bridgehead atoms. The van der Waals surface area contributed by atoms with E-state index >= 15 is 0 Å². The first-order chi connectivity index (χ1) is 9.03. The van der Waals surface area contributed by atoms with E-state index in [4.69, 9.17) is 0 Å². The number of aromatic nitrogens is 2. The molecule has 1 heterocycles. The maximum absolute atomic E-state index is 11.6. The Bertz CT molecular complexity index is 470. The van der Waals surface area contributed by atoms with Crippen LogP contribution < -0.4 is 4.72 Å². The van der Waals surface area contributed by atoms with E-state index in [1.165, 1.54) is 7.11 Å². The first kappa shape index (κ1) is 15.6. The maximum Gasteiger partial charge on any atom is 0.305 e. The summed E-state index contributed by atoms with van der Waals surface area (Å²) in [7, 11) is -2.03. The first-order valence-corrected chi connectivity index (χ1v) is 7.70. The molecule has 0 saturated carbocycles. The maximum atomic E-state index is 11.6. The molecule has 0 saturated heterocycles. The topological polar surface area (TPSA) is 90.3 Å². The van der Waals surface area contributed by atoms with E-state index < -0.39 is 16.0 Å². The minimum Gasteiger partial charge on any atom is -0.469 e. The van der Waals surface area contributed by atoms with Gasteiger partial charge in [0.1, 0.15) is 0 Å². The summed E-state index contributed by atoms with van der Waals surface area (Å²) < 4.78 is 31.8. The molecule has 0 spiro atoms. The molecule has 0 atom stereocenters. The second kappa shape index (κ2) is 7.90. The van der Waals surface area contributed by atoms with Crippen molar-refractivity contribution in [3.63, 3.8) is 0 Å². The van der Waals surface area contributed by atoms with Crippen LogP contribution in [0.2, 0.25) is 0 Å². The van der Waals surface area contributed by atoms with Gasteiger partial charge in [0.2, 0.25) is 10.0 Å². The molecular weight excluding hydrogens is 270 g/mol. The van der Waals surface area contributed by atoms with Crippen LogP contribution in [-0.2, 0) is 26.1 Å². The molecule has 108 valence electrons. The fraction of sp³-hybridized carbons (Fsp3) is 0.636. The number of nitrogens with one attached hydrogen (secondary N) is 1. The lowest BCUT2D eigenvalue weighted by Crippen LogP contribution is -2.28. The van der Waals surface area contributed by atoms with Gasteiger partial charge < -0.3 is 4.74 Å². The van der Waals surface area contributed by atoms with Crippen molar-refractivity contribution in [3.05, 3.63) is 18.5 Å². The minimum absolute atomic E-state index is 0.0656. The van der Waals surface area contributed by atoms with Crippen molar-refractivity contribution in [1.82, 2.24) is 14.5 Å². The van der Waals surface area contributed by atoms with Gasteiger partial charge in [-0.05, 0) is 18.9 Å². The molecule has 1 aromatic rings. The highest BCUT2D eigenvalue weighted by molar-refractivity contribution is 7.89. The molecule has 0 aliphatic rings. The van der Waals surface area contributed by atoms with E-state index in [2.05, 4.69) is 14.6 Å². The van der Waals surface area contributed by atoms with Gasteiger partial charge in [-0.25, -0.2) is 13.1 Å². The fourth-order valence-corrected chi connectivity index (χ4v) is 2.61. The number of rotatable bonds is 9. The molecule has 0 radical (unpaired) electrons. The van der Waals surface area contributed by atoms with Crippen LogP contribution in [-0.4, -0.2) is 43.6 Å². The van der Waals surface area contributed by atoms with Gasteiger partial charge in [-0.1, -0.05) is 0 Å². The summed E-state index contributed by atoms with van der Waals surface area (Å²) in [6.45, 7) is 1.03. The molecule has 7 nitrogen and oxygen atoms in total. The number of sulfonamides is 1. The molecule has 0 aliphatic heterocycles. The van der Waals surface area contributed by atoms with Gasteiger partial charge in [0, 0.05) is 31.9 Å². The van der Waals surface area contributed by atoms with E-state index in [1.54, 1.807) is 10.9 Å². The Hall–Kier alpha value is -1.41. The normalized spacial score (nSPS) is 11.4. The highest BCUT2D eigenvalue weighted by Crippen LogP contribution is 1.97. The van der Waals surface area contributed by atoms with E-state index in [0.29, 0.717) is 19.5 Å². The number of hydrogen-bond donors (Lipinski definition) is 1. The van der Waals surface area contributed by atoms with Crippen LogP contribution in [0.5, 0.6) is 0 Å². The third kappa shape index (κ3) is 6.92. The van der Waals surface area contributed by atoms with Crippen LogP contribution in [0.4, 0.5) is 0 Å². The van der Waals surface area contributed by atoms with Gasteiger partial charge in [0.25, 0.3) is 0 Å². The van der Waals surface area contributed by atoms with E-state index in [0.717, 1.165) is 0 Å². The number of hydrogen-bond acceptors (Lipinski definition) is 5. The lowest BCUT2D eigenvalue weighted by Gasteiger charge is -2.06. The Morgan fingerprint density at radius 3 is 2.84 bits per heavy atom. The van der Waals surface area contributed by atoms with Gasteiger partial charge in [-0.2, -0.15) is 5.10 Å². The van der Waals surface area contributed by atoms with Crippen molar-refractivity contribution in [2.75, 3.05) is 19.4 Å². The minimum atomic E-state index is -3.31. The van der Waals surface area contributed by atoms with Crippen LogP contribution in [0.1, 0.15) is 19.3 Å². The SMILES string of the molecule is COC(=O)CCCS(=O)(=O)NCCCn1cccn1. The predicted molar refractivity (Wildman–Crippen MR) is 69.9 cm³/mol. The summed E-state index contributed by atoms with van der Waals surface area (Å²) in [5.41, 5.74) is 0. The summed E-state index contributed by atoms with van der Waals surface area (Å²) in [4.78, 5) is 10.8. The van der Waals surface area contributed by atoms with Gasteiger partial charge in [-0.3, -0.25) is 9.48 Å². The molecule has 1 N–H and O–H groups in total. The monoisotopic (exact) mass is 289 g/mol. The van der Waals surface area contributed by atoms with Crippen LogP contribution in [0, 0.1) is 0 Å². The summed E-state index contributed by atoms with van der Waals surface area (Å²) in [5.74, 6) is -0.460. The van der Waals surface area contributed by atoms with Crippen LogP contribution in [0.3, 0.4) is 0 Å². The molecule has 1 aromatic heterocycles. The quantitative estimate of drug-likeness (QED) is 0.516. The smallest absolute Gasteiger partial charge is 0.305 e. The molecule has 0 aliphatic carbocycles. The second-order valence-corrected chi connectivity index (χ2v) is 5.94. The standard InChI is InChI=1S/C11H19N3O4S/c1-18-11(15)5-2-10-19(16,17)13-7-4-9-14-8-3-6-12-14/h3,6,8,13H,2,4-5,7,9-10H2,1H3. The van der Waals surface area contributed by atoms with Crippen LogP contribution in [0.25, 0.3) is 0 Å². The molecule has 1 rings (SSSR count). The average molecular weight is 289 g/mol. The van der Waals surface area contributed by atoms with Gasteiger partial charge in [0.05, 0.1) is 12.9 Å². The van der Waals surface area contributed by atoms with Crippen molar-refractivity contribution in [2.45, 2.75) is 25.8 Å². The average Bonchev–Trinajstić information content (AvgIpc) is 2.87. The summed E-state index contributed by atoms with van der Waals surface area (Å²) in [6, 6.07) is 1.82. The number of nitrogens with zero attached hydrogens (tertiary/aromatic N) is 2. The lowest BCUT2D eigenvalue weighted by atomic mass is 10.3. The highest BCUT2D eigenvalue weighted by atomic mass is 32.2. The number of aryl methyl sites for hydroxylation is 1. The van der Waals surface area contributed by atoms with E-state index in [-0.39, 0.29) is 18.6 Å². The van der Waals surface area contributed by atoms with Crippen LogP contribution in [0.15, 0.2) is 18.5 Å². The first-order valence-electron chi connectivity index (χ1n) is 6.05. The number of esters is 1. The lowest BCUT2D eigenvalue weighted by molar-refractivity contribution is -0.140. The Morgan fingerprint density at radius 1 is 1.42 bits per heavy atom. The predicted octanol–water partition coefficient (Wildman–Crippen LogP) is 0.146. The molecule has 0 amide bonds. The Morgan fingerprint density at radius 2 is 2.21 bits per heavy atom. The molecule has 0 unspecified atom stereocenters. The number of carbonyl (C=O) groups is 1. The summed E-state index contributed by atoms with van der Waals surface area (Å²) in [5, 5.41) is 4.02. The third-order valence-corrected chi connectivity index (χ3v) is 3.94. The van der Waals surface area contributed by atoms with Crippen molar-refractivity contribution in [2.24, 2.45) is 0 Å². The molecule has 19 heavy (non-hydrogen) atoms. The van der Waals surface area contributed by atoms with E-state index in [1.807, 2.05) is 12.3 Å². The van der Waals surface area contributed by atoms with Gasteiger partial charge in [0.15, 0.2) is 0 Å². The summed E-state index contributed by atoms with van der Waals surface area (Å²) in [6.07, 6.45) is 4.55. The van der Waals surface area contributed by atoms with Crippen molar-refractivity contribution in [3.8, 4) is 0 Å². The number of carbonyl (C=O) groups excluding carboxylic acids is 1. The Kier molecular flexibility index (Phi) is 6.51. The molecule has 0 fully saturated rings. The molecule has 0 aromatic carbocycles. The zero-order valence-corrected chi connectivity index (χ0v) is 11.7. The number of methoxy groups -OCH3 is 1.